The van der Waals surface area contributed by atoms with Gasteiger partial charge in [-0.2, -0.15) is 0 Å². The Kier molecular flexibility index (Phi) is 6.13. The molecule has 9 nitrogen and oxygen atoms in total. The normalized spacial score (nSPS) is 15.0. The number of nitrogens with one attached hydrogen (secondary N) is 2. The fourth-order valence-corrected chi connectivity index (χ4v) is 4.43. The van der Waals surface area contributed by atoms with E-state index in [1.165, 1.54) is 12.4 Å². The van der Waals surface area contributed by atoms with Crippen molar-refractivity contribution in [2.75, 3.05) is 6.61 Å². The molecular weight excluding hydrogens is 448 g/mol. The number of hydrogen-bond acceptors (Lipinski definition) is 6. The van der Waals surface area contributed by atoms with Crippen LogP contribution < -0.4 is 10.6 Å². The minimum Gasteiger partial charge on any atom is -0.478 e. The molecule has 35 heavy (non-hydrogen) atoms. The van der Waals surface area contributed by atoms with Crippen LogP contribution in [0, 0.1) is 5.92 Å². The van der Waals surface area contributed by atoms with Gasteiger partial charge in [0, 0.05) is 18.3 Å². The van der Waals surface area contributed by atoms with Crippen LogP contribution in [-0.2, 0) is 16.1 Å². The van der Waals surface area contributed by atoms with Crippen LogP contribution in [0.5, 0.6) is 0 Å². The fraction of sp³-hybridized carbons (Fsp3) is 0.269. The number of aromatic carboxylic acids is 1. The number of carboxylic acids is 1. The monoisotopic (exact) mass is 472 g/mol. The number of ether oxygens (including phenoxy) is 1. The van der Waals surface area contributed by atoms with Gasteiger partial charge in [0.15, 0.2) is 0 Å². The lowest BCUT2D eigenvalue weighted by Gasteiger charge is -2.19. The number of alkyl carbamates (subject to hydrolysis) is 1. The number of carbonyl (C=O) groups excluding carboxylic acids is 2. The molecule has 0 aliphatic heterocycles. The third-order valence-electron chi connectivity index (χ3n) is 6.37. The number of carbonyl (C=O) groups is 3. The van der Waals surface area contributed by atoms with Crippen molar-refractivity contribution in [3.8, 4) is 11.1 Å². The van der Waals surface area contributed by atoms with Gasteiger partial charge in [-0.15, -0.1) is 0 Å². The van der Waals surface area contributed by atoms with Gasteiger partial charge in [0.2, 0.25) is 5.91 Å². The Bertz CT molecular complexity index is 1230. The highest BCUT2D eigenvalue weighted by atomic mass is 16.5. The molecule has 178 valence electrons. The van der Waals surface area contributed by atoms with E-state index in [2.05, 4.69) is 32.7 Å². The van der Waals surface area contributed by atoms with Crippen LogP contribution >= 0.6 is 0 Å². The fourth-order valence-electron chi connectivity index (χ4n) is 4.43. The van der Waals surface area contributed by atoms with Crippen molar-refractivity contribution >= 4 is 18.0 Å². The molecule has 2 aliphatic carbocycles. The Hall–Kier alpha value is -4.27. The first-order valence-electron chi connectivity index (χ1n) is 11.4. The van der Waals surface area contributed by atoms with E-state index in [-0.39, 0.29) is 42.3 Å². The summed E-state index contributed by atoms with van der Waals surface area (Å²) in [7, 11) is 0. The molecule has 2 aliphatic rings. The van der Waals surface area contributed by atoms with Crippen LogP contribution in [0.3, 0.4) is 0 Å². The van der Waals surface area contributed by atoms with Crippen molar-refractivity contribution in [3.63, 3.8) is 0 Å². The maximum absolute atomic E-state index is 12.8. The number of benzene rings is 2. The van der Waals surface area contributed by atoms with E-state index in [1.807, 2.05) is 36.4 Å². The van der Waals surface area contributed by atoms with Crippen molar-refractivity contribution in [3.05, 3.63) is 83.4 Å². The summed E-state index contributed by atoms with van der Waals surface area (Å²) in [6.07, 6.45) is 3.41. The van der Waals surface area contributed by atoms with Crippen LogP contribution in [0.4, 0.5) is 4.79 Å². The molecule has 3 N–H and O–H groups in total. The average Bonchev–Trinajstić information content (AvgIpc) is 3.67. The van der Waals surface area contributed by atoms with Gasteiger partial charge in [-0.3, -0.25) is 4.79 Å². The Morgan fingerprint density at radius 2 is 1.57 bits per heavy atom. The molecule has 0 bridgehead atoms. The number of fused-ring (bicyclic) bond motifs is 3. The van der Waals surface area contributed by atoms with Crippen molar-refractivity contribution in [2.24, 2.45) is 5.92 Å². The van der Waals surface area contributed by atoms with Crippen molar-refractivity contribution in [1.82, 2.24) is 20.6 Å². The smallest absolute Gasteiger partial charge is 0.407 e. The molecule has 1 aromatic heterocycles. The minimum atomic E-state index is -1.12. The van der Waals surface area contributed by atoms with Crippen molar-refractivity contribution < 1.29 is 24.2 Å². The standard InChI is InChI=1S/C26H24N4O5/c31-24(29-13-22-27-11-16(12-28-22)25(32)33)23(15-9-10-15)30-26(34)35-14-21-19-7-3-1-5-17(19)18-6-2-4-8-20(18)21/h1-8,11-12,15,21,23H,9-10,13-14H2,(H,29,31)(H,30,34)(H,32,33). The lowest BCUT2D eigenvalue weighted by atomic mass is 9.98. The first-order valence-corrected chi connectivity index (χ1v) is 11.4. The van der Waals surface area contributed by atoms with Gasteiger partial charge in [-0.05, 0) is 41.0 Å². The van der Waals surface area contributed by atoms with Gasteiger partial charge in [-0.1, -0.05) is 48.5 Å². The number of nitrogens with zero attached hydrogens (tertiary/aromatic N) is 2. The topological polar surface area (TPSA) is 131 Å². The first-order chi connectivity index (χ1) is 17.0. The maximum atomic E-state index is 12.8. The lowest BCUT2D eigenvalue weighted by Crippen LogP contribution is -2.48. The molecule has 0 radical (unpaired) electrons. The molecule has 9 heteroatoms. The zero-order valence-electron chi connectivity index (χ0n) is 18.8. The van der Waals surface area contributed by atoms with Crippen LogP contribution in [0.25, 0.3) is 11.1 Å². The number of amides is 2. The van der Waals surface area contributed by atoms with Gasteiger partial charge < -0.3 is 20.5 Å². The van der Waals surface area contributed by atoms with E-state index < -0.39 is 18.1 Å². The van der Waals surface area contributed by atoms with Gasteiger partial charge >= 0.3 is 12.1 Å². The molecule has 5 rings (SSSR count). The van der Waals surface area contributed by atoms with E-state index in [9.17, 15) is 14.4 Å². The molecule has 1 atom stereocenters. The molecule has 1 heterocycles. The summed E-state index contributed by atoms with van der Waals surface area (Å²) in [6.45, 7) is 0.191. The molecule has 1 saturated carbocycles. The maximum Gasteiger partial charge on any atom is 0.407 e. The number of rotatable bonds is 8. The Labute approximate surface area is 201 Å². The highest BCUT2D eigenvalue weighted by Gasteiger charge is 2.38. The number of carboxylic acid groups (broad SMARTS) is 1. The highest BCUT2D eigenvalue weighted by Crippen LogP contribution is 2.44. The summed E-state index contributed by atoms with van der Waals surface area (Å²) in [4.78, 5) is 44.2. The molecule has 2 aromatic carbocycles. The molecular formula is C26H24N4O5. The third kappa shape index (κ3) is 4.84. The number of aromatic nitrogens is 2. The molecule has 3 aromatic rings. The van der Waals surface area contributed by atoms with E-state index in [4.69, 9.17) is 9.84 Å². The molecule has 0 spiro atoms. The summed E-state index contributed by atoms with van der Waals surface area (Å²) >= 11 is 0. The highest BCUT2D eigenvalue weighted by molar-refractivity contribution is 5.87. The van der Waals surface area contributed by atoms with Gasteiger partial charge in [0.05, 0.1) is 12.1 Å². The quantitative estimate of drug-likeness (QED) is 0.459. The molecule has 1 unspecified atom stereocenters. The Morgan fingerprint density at radius 3 is 2.14 bits per heavy atom. The van der Waals surface area contributed by atoms with E-state index in [0.29, 0.717) is 0 Å². The van der Waals surface area contributed by atoms with Crippen molar-refractivity contribution in [2.45, 2.75) is 31.3 Å². The number of hydrogen-bond donors (Lipinski definition) is 3. The Morgan fingerprint density at radius 1 is 0.971 bits per heavy atom. The first kappa shape index (κ1) is 22.5. The van der Waals surface area contributed by atoms with E-state index in [0.717, 1.165) is 35.1 Å². The second kappa shape index (κ2) is 9.54. The third-order valence-corrected chi connectivity index (χ3v) is 6.37. The molecule has 1 fully saturated rings. The minimum absolute atomic E-state index is 0.0221. The Balaban J connectivity index is 1.18. The second-order valence-corrected chi connectivity index (χ2v) is 8.70. The van der Waals surface area contributed by atoms with Crippen LogP contribution in [0.1, 0.15) is 46.1 Å². The van der Waals surface area contributed by atoms with Gasteiger partial charge in [-0.25, -0.2) is 19.6 Å². The summed E-state index contributed by atoms with van der Waals surface area (Å²) < 4.78 is 5.59. The predicted molar refractivity (Wildman–Crippen MR) is 126 cm³/mol. The zero-order chi connectivity index (χ0) is 24.4. The average molecular weight is 473 g/mol. The summed E-state index contributed by atoms with van der Waals surface area (Å²) in [5.74, 6) is -1.22. The van der Waals surface area contributed by atoms with Gasteiger partial charge in [0.25, 0.3) is 0 Å². The second-order valence-electron chi connectivity index (χ2n) is 8.70. The SMILES string of the molecule is O=C(NC(C(=O)NCc1ncc(C(=O)O)cn1)C1CC1)OCC1c2ccccc2-c2ccccc21. The molecule has 2 amide bonds. The van der Waals surface area contributed by atoms with E-state index in [1.54, 1.807) is 0 Å². The zero-order valence-corrected chi connectivity index (χ0v) is 18.8. The lowest BCUT2D eigenvalue weighted by molar-refractivity contribution is -0.123. The summed E-state index contributed by atoms with van der Waals surface area (Å²) in [6, 6.07) is 15.5. The van der Waals surface area contributed by atoms with Crippen molar-refractivity contribution in [1.29, 1.82) is 0 Å². The molecule has 0 saturated heterocycles. The summed E-state index contributed by atoms with van der Waals surface area (Å²) in [5.41, 5.74) is 4.49. The van der Waals surface area contributed by atoms with Crippen LogP contribution in [0.15, 0.2) is 60.9 Å². The predicted octanol–water partition coefficient (Wildman–Crippen LogP) is 3.11. The van der Waals surface area contributed by atoms with Crippen LogP contribution in [0.2, 0.25) is 0 Å². The van der Waals surface area contributed by atoms with E-state index >= 15 is 0 Å². The summed E-state index contributed by atoms with van der Waals surface area (Å²) in [5, 5.41) is 14.4. The van der Waals surface area contributed by atoms with Gasteiger partial charge in [0.1, 0.15) is 18.5 Å². The largest absolute Gasteiger partial charge is 0.478 e. The van der Waals surface area contributed by atoms with Crippen LogP contribution in [-0.4, -0.2) is 45.7 Å².